The monoisotopic (exact) mass is 219 g/mol. The third-order valence-corrected chi connectivity index (χ3v) is 2.21. The van der Waals surface area contributed by atoms with Gasteiger partial charge in [0.25, 0.3) is 11.8 Å². The molecule has 0 saturated heterocycles. The van der Waals surface area contributed by atoms with E-state index in [0.717, 1.165) is 4.90 Å². The maximum atomic E-state index is 11.4. The van der Waals surface area contributed by atoms with Crippen molar-refractivity contribution in [3.05, 3.63) is 30.4 Å². The molecule has 5 heteroatoms. The summed E-state index contributed by atoms with van der Waals surface area (Å²) in [6.07, 6.45) is 2.38. The Morgan fingerprint density at radius 1 is 1.19 bits per heavy atom. The van der Waals surface area contributed by atoms with Gasteiger partial charge in [0.2, 0.25) is 0 Å². The first-order valence-corrected chi connectivity index (χ1v) is 4.56. The molecule has 1 N–H and O–H groups in total. The third kappa shape index (κ3) is 1.52. The van der Waals surface area contributed by atoms with Gasteiger partial charge < -0.3 is 9.84 Å². The average Bonchev–Trinajstić information content (AvgIpc) is 2.59. The van der Waals surface area contributed by atoms with Crippen LogP contribution < -0.4 is 9.64 Å². The van der Waals surface area contributed by atoms with E-state index in [1.807, 2.05) is 0 Å². The smallest absolute Gasteiger partial charge is 0.258 e. The molecule has 0 atom stereocenters. The highest BCUT2D eigenvalue weighted by Crippen LogP contribution is 2.33. The minimum absolute atomic E-state index is 0.00709. The lowest BCUT2D eigenvalue weighted by Crippen LogP contribution is -2.29. The van der Waals surface area contributed by atoms with Crippen molar-refractivity contribution in [2.45, 2.75) is 0 Å². The highest BCUT2D eigenvalue weighted by atomic mass is 16.5. The van der Waals surface area contributed by atoms with E-state index in [1.54, 1.807) is 0 Å². The van der Waals surface area contributed by atoms with Crippen LogP contribution in [0.2, 0.25) is 0 Å². The first-order chi connectivity index (χ1) is 7.63. The summed E-state index contributed by atoms with van der Waals surface area (Å²) < 4.78 is 5.00. The molecule has 82 valence electrons. The van der Waals surface area contributed by atoms with Crippen molar-refractivity contribution < 1.29 is 19.4 Å². The van der Waals surface area contributed by atoms with Gasteiger partial charge in [0.15, 0.2) is 0 Å². The van der Waals surface area contributed by atoms with Crippen LogP contribution in [0.15, 0.2) is 30.4 Å². The zero-order chi connectivity index (χ0) is 11.7. The molecule has 0 fully saturated rings. The van der Waals surface area contributed by atoms with Crippen LogP contribution in [0, 0.1) is 0 Å². The molecule has 5 nitrogen and oxygen atoms in total. The zero-order valence-electron chi connectivity index (χ0n) is 8.51. The Labute approximate surface area is 91.6 Å². The molecule has 0 bridgehead atoms. The van der Waals surface area contributed by atoms with E-state index in [4.69, 9.17) is 4.74 Å². The fourth-order valence-corrected chi connectivity index (χ4v) is 1.49. The maximum Gasteiger partial charge on any atom is 0.258 e. The minimum Gasteiger partial charge on any atom is -0.508 e. The summed E-state index contributed by atoms with van der Waals surface area (Å²) >= 11 is 0. The Balaban J connectivity index is 2.48. The number of anilines is 1. The van der Waals surface area contributed by atoms with Crippen molar-refractivity contribution in [1.82, 2.24) is 0 Å². The van der Waals surface area contributed by atoms with Crippen LogP contribution in [0.25, 0.3) is 0 Å². The van der Waals surface area contributed by atoms with Crippen LogP contribution in [-0.2, 0) is 9.59 Å². The fraction of sp³-hybridized carbons (Fsp3) is 0.0909. The van der Waals surface area contributed by atoms with Gasteiger partial charge in [-0.15, -0.1) is 0 Å². The summed E-state index contributed by atoms with van der Waals surface area (Å²) in [6, 6.07) is 4.18. The Bertz CT molecular complexity index is 475. The Morgan fingerprint density at radius 3 is 2.38 bits per heavy atom. The van der Waals surface area contributed by atoms with Crippen LogP contribution in [0.5, 0.6) is 11.5 Å². The normalized spacial score (nSPS) is 14.7. The number of imide groups is 1. The Morgan fingerprint density at radius 2 is 1.81 bits per heavy atom. The van der Waals surface area contributed by atoms with Gasteiger partial charge in [-0.3, -0.25) is 9.59 Å². The van der Waals surface area contributed by atoms with E-state index in [-0.39, 0.29) is 11.5 Å². The van der Waals surface area contributed by atoms with Crippen molar-refractivity contribution in [3.63, 3.8) is 0 Å². The average molecular weight is 219 g/mol. The fourth-order valence-electron chi connectivity index (χ4n) is 1.49. The number of rotatable bonds is 2. The number of ether oxygens (including phenoxy) is 1. The van der Waals surface area contributed by atoms with Gasteiger partial charge in [-0.05, 0) is 12.1 Å². The summed E-state index contributed by atoms with van der Waals surface area (Å²) in [7, 11) is 1.40. The first-order valence-electron chi connectivity index (χ1n) is 4.56. The second-order valence-corrected chi connectivity index (χ2v) is 3.20. The first kappa shape index (κ1) is 10.2. The van der Waals surface area contributed by atoms with E-state index in [2.05, 4.69) is 0 Å². The van der Waals surface area contributed by atoms with Crippen LogP contribution >= 0.6 is 0 Å². The minimum atomic E-state index is -0.422. The van der Waals surface area contributed by atoms with Crippen LogP contribution in [0.4, 0.5) is 5.69 Å². The number of phenolic OH excluding ortho intramolecular Hbond substituents is 1. The summed E-state index contributed by atoms with van der Waals surface area (Å²) in [6.45, 7) is 0. The number of aromatic hydroxyl groups is 1. The molecular weight excluding hydrogens is 210 g/mol. The zero-order valence-corrected chi connectivity index (χ0v) is 8.51. The van der Waals surface area contributed by atoms with Crippen molar-refractivity contribution >= 4 is 17.5 Å². The largest absolute Gasteiger partial charge is 0.508 e. The SMILES string of the molecule is COc1cc(O)ccc1N1C(=O)C=CC1=O. The van der Waals surface area contributed by atoms with E-state index in [9.17, 15) is 14.7 Å². The van der Waals surface area contributed by atoms with E-state index >= 15 is 0 Å². The molecule has 1 aromatic carbocycles. The number of amides is 2. The molecular formula is C11H9NO4. The molecule has 2 rings (SSSR count). The van der Waals surface area contributed by atoms with Gasteiger partial charge in [0, 0.05) is 18.2 Å². The van der Waals surface area contributed by atoms with E-state index in [1.165, 1.54) is 37.5 Å². The Hall–Kier alpha value is -2.30. The van der Waals surface area contributed by atoms with Gasteiger partial charge in [-0.25, -0.2) is 4.90 Å². The predicted molar refractivity (Wildman–Crippen MR) is 56.3 cm³/mol. The molecule has 0 aliphatic carbocycles. The summed E-state index contributed by atoms with van der Waals surface area (Å²) in [4.78, 5) is 23.9. The van der Waals surface area contributed by atoms with Crippen molar-refractivity contribution in [2.75, 3.05) is 12.0 Å². The molecule has 1 aromatic rings. The van der Waals surface area contributed by atoms with Gasteiger partial charge in [-0.1, -0.05) is 0 Å². The van der Waals surface area contributed by atoms with Crippen molar-refractivity contribution in [3.8, 4) is 11.5 Å². The number of hydrogen-bond acceptors (Lipinski definition) is 4. The van der Waals surface area contributed by atoms with Crippen LogP contribution in [0.1, 0.15) is 0 Å². The number of benzene rings is 1. The third-order valence-electron chi connectivity index (χ3n) is 2.21. The molecule has 16 heavy (non-hydrogen) atoms. The number of carbonyl (C=O) groups is 2. The number of nitrogens with zero attached hydrogens (tertiary/aromatic N) is 1. The maximum absolute atomic E-state index is 11.4. The number of phenols is 1. The van der Waals surface area contributed by atoms with Crippen molar-refractivity contribution in [1.29, 1.82) is 0 Å². The Kier molecular flexibility index (Phi) is 2.36. The molecule has 1 aliphatic rings. The van der Waals surface area contributed by atoms with Gasteiger partial charge in [0.05, 0.1) is 12.8 Å². The molecule has 0 unspecified atom stereocenters. The lowest BCUT2D eigenvalue weighted by molar-refractivity contribution is -0.120. The van der Waals surface area contributed by atoms with Gasteiger partial charge >= 0.3 is 0 Å². The van der Waals surface area contributed by atoms with Crippen LogP contribution in [-0.4, -0.2) is 24.0 Å². The second kappa shape index (κ2) is 3.69. The van der Waals surface area contributed by atoms with Crippen LogP contribution in [0.3, 0.4) is 0 Å². The topological polar surface area (TPSA) is 66.8 Å². The summed E-state index contributed by atoms with van der Waals surface area (Å²) in [5.41, 5.74) is 0.320. The lowest BCUT2D eigenvalue weighted by Gasteiger charge is -2.17. The predicted octanol–water partition coefficient (Wildman–Crippen LogP) is 0.830. The number of carbonyl (C=O) groups excluding carboxylic acids is 2. The molecule has 0 radical (unpaired) electrons. The van der Waals surface area contributed by atoms with Gasteiger partial charge in [0.1, 0.15) is 11.5 Å². The highest BCUT2D eigenvalue weighted by Gasteiger charge is 2.27. The van der Waals surface area contributed by atoms with E-state index in [0.29, 0.717) is 5.69 Å². The molecule has 2 amide bonds. The summed E-state index contributed by atoms with van der Waals surface area (Å²) in [5.74, 6) is -0.568. The lowest BCUT2D eigenvalue weighted by atomic mass is 10.2. The van der Waals surface area contributed by atoms with Crippen molar-refractivity contribution in [2.24, 2.45) is 0 Å². The molecule has 0 saturated carbocycles. The molecule has 0 aromatic heterocycles. The van der Waals surface area contributed by atoms with Gasteiger partial charge in [-0.2, -0.15) is 0 Å². The molecule has 1 aliphatic heterocycles. The summed E-state index contributed by atoms with van der Waals surface area (Å²) in [5, 5.41) is 9.26. The standard InChI is InChI=1S/C11H9NO4/c1-16-9-6-7(13)2-3-8(9)12-10(14)4-5-11(12)15/h2-6,13H,1H3. The molecule has 1 heterocycles. The molecule has 0 spiro atoms. The van der Waals surface area contributed by atoms with E-state index < -0.39 is 11.8 Å². The number of hydrogen-bond donors (Lipinski definition) is 1. The number of methoxy groups -OCH3 is 1. The quantitative estimate of drug-likeness (QED) is 0.748. The highest BCUT2D eigenvalue weighted by molar-refractivity contribution is 6.28. The second-order valence-electron chi connectivity index (χ2n) is 3.20.